The van der Waals surface area contributed by atoms with Gasteiger partial charge in [0.1, 0.15) is 16.5 Å². The van der Waals surface area contributed by atoms with Crippen LogP contribution < -0.4 is 4.74 Å². The molecule has 124 valence electrons. The number of benzene rings is 1. The highest BCUT2D eigenvalue weighted by atomic mass is 32.2. The highest BCUT2D eigenvalue weighted by molar-refractivity contribution is 7.89. The minimum absolute atomic E-state index is 0.221. The molecular formula is C16H21N3O3S. The molecule has 3 rings (SSSR count). The third-order valence-corrected chi connectivity index (χ3v) is 6.12. The van der Waals surface area contributed by atoms with Crippen molar-refractivity contribution in [2.24, 2.45) is 0 Å². The number of rotatable bonds is 4. The van der Waals surface area contributed by atoms with Crippen molar-refractivity contribution in [2.45, 2.75) is 37.1 Å². The topological polar surface area (TPSA) is 75.3 Å². The number of hydrogen-bond acceptors (Lipinski definition) is 4. The first-order chi connectivity index (χ1) is 11.0. The molecule has 2 heterocycles. The normalized spacial score (nSPS) is 19.7. The van der Waals surface area contributed by atoms with E-state index in [1.165, 1.54) is 7.11 Å². The number of imidazole rings is 1. The fourth-order valence-corrected chi connectivity index (χ4v) is 4.94. The van der Waals surface area contributed by atoms with Crippen molar-refractivity contribution in [1.29, 1.82) is 0 Å². The first-order valence-corrected chi connectivity index (χ1v) is 9.14. The number of piperidine rings is 1. The van der Waals surface area contributed by atoms with E-state index < -0.39 is 10.0 Å². The van der Waals surface area contributed by atoms with Gasteiger partial charge in [-0.1, -0.05) is 12.5 Å². The Balaban J connectivity index is 2.05. The fourth-order valence-electron chi connectivity index (χ4n) is 3.04. The van der Waals surface area contributed by atoms with Gasteiger partial charge in [0, 0.05) is 18.9 Å². The zero-order chi connectivity index (χ0) is 16.4. The number of hydrogen-bond donors (Lipinski definition) is 1. The summed E-state index contributed by atoms with van der Waals surface area (Å²) < 4.78 is 33.3. The number of ether oxygens (including phenoxy) is 1. The van der Waals surface area contributed by atoms with E-state index >= 15 is 0 Å². The van der Waals surface area contributed by atoms with Crippen molar-refractivity contribution in [3.63, 3.8) is 0 Å². The summed E-state index contributed by atoms with van der Waals surface area (Å²) in [5, 5.41) is 0. The summed E-state index contributed by atoms with van der Waals surface area (Å²) in [5.41, 5.74) is 0.885. The lowest BCUT2D eigenvalue weighted by molar-refractivity contribution is 0.246. The number of aromatic amines is 1. The molecule has 0 aliphatic carbocycles. The third kappa shape index (κ3) is 2.98. The molecule has 1 aromatic heterocycles. The maximum absolute atomic E-state index is 13.2. The van der Waals surface area contributed by atoms with Crippen LogP contribution in [0.2, 0.25) is 0 Å². The number of methoxy groups -OCH3 is 1. The molecule has 0 spiro atoms. The molecule has 1 atom stereocenters. The van der Waals surface area contributed by atoms with Gasteiger partial charge < -0.3 is 9.72 Å². The number of sulfonamides is 1. The van der Waals surface area contributed by atoms with Gasteiger partial charge in [0.25, 0.3) is 0 Å². The monoisotopic (exact) mass is 335 g/mol. The van der Waals surface area contributed by atoms with Crippen LogP contribution in [0.4, 0.5) is 0 Å². The molecule has 1 aliphatic rings. The van der Waals surface area contributed by atoms with Crippen LogP contribution in [-0.4, -0.2) is 36.3 Å². The van der Waals surface area contributed by atoms with Gasteiger partial charge >= 0.3 is 0 Å². The van der Waals surface area contributed by atoms with Crippen LogP contribution in [0, 0.1) is 6.92 Å². The van der Waals surface area contributed by atoms with Crippen LogP contribution in [0.5, 0.6) is 5.75 Å². The molecule has 1 aromatic carbocycles. The van der Waals surface area contributed by atoms with Gasteiger partial charge in [0.05, 0.1) is 13.2 Å². The van der Waals surface area contributed by atoms with E-state index in [0.29, 0.717) is 18.1 Å². The summed E-state index contributed by atoms with van der Waals surface area (Å²) in [6.45, 7) is 2.36. The summed E-state index contributed by atoms with van der Waals surface area (Å²) >= 11 is 0. The Morgan fingerprint density at radius 3 is 2.87 bits per heavy atom. The van der Waals surface area contributed by atoms with Crippen LogP contribution in [0.25, 0.3) is 0 Å². The molecule has 1 aliphatic heterocycles. The number of nitrogens with one attached hydrogen (secondary N) is 1. The Bertz CT molecular complexity index is 772. The predicted octanol–water partition coefficient (Wildman–Crippen LogP) is 2.64. The van der Waals surface area contributed by atoms with E-state index in [-0.39, 0.29) is 10.9 Å². The molecule has 1 N–H and O–H groups in total. The highest BCUT2D eigenvalue weighted by Gasteiger charge is 2.37. The average Bonchev–Trinajstić information content (AvgIpc) is 3.09. The first-order valence-electron chi connectivity index (χ1n) is 7.70. The van der Waals surface area contributed by atoms with E-state index in [9.17, 15) is 8.42 Å². The predicted molar refractivity (Wildman–Crippen MR) is 86.8 cm³/mol. The minimum Gasteiger partial charge on any atom is -0.495 e. The second-order valence-electron chi connectivity index (χ2n) is 5.76. The maximum atomic E-state index is 13.2. The van der Waals surface area contributed by atoms with Gasteiger partial charge in [-0.2, -0.15) is 4.31 Å². The molecule has 0 radical (unpaired) electrons. The van der Waals surface area contributed by atoms with Gasteiger partial charge in [-0.3, -0.25) is 0 Å². The van der Waals surface area contributed by atoms with Crippen LogP contribution in [0.3, 0.4) is 0 Å². The van der Waals surface area contributed by atoms with Crippen molar-refractivity contribution in [1.82, 2.24) is 14.3 Å². The minimum atomic E-state index is -3.65. The smallest absolute Gasteiger partial charge is 0.247 e. The molecule has 0 saturated carbocycles. The second kappa shape index (κ2) is 6.33. The van der Waals surface area contributed by atoms with Gasteiger partial charge in [-0.25, -0.2) is 13.4 Å². The largest absolute Gasteiger partial charge is 0.495 e. The van der Waals surface area contributed by atoms with Crippen molar-refractivity contribution < 1.29 is 13.2 Å². The second-order valence-corrected chi connectivity index (χ2v) is 7.62. The number of nitrogens with zero attached hydrogens (tertiary/aromatic N) is 2. The molecule has 0 bridgehead atoms. The van der Waals surface area contributed by atoms with E-state index in [2.05, 4.69) is 9.97 Å². The van der Waals surface area contributed by atoms with Gasteiger partial charge in [0.15, 0.2) is 0 Å². The van der Waals surface area contributed by atoms with Crippen LogP contribution in [0.15, 0.2) is 35.5 Å². The van der Waals surface area contributed by atoms with Gasteiger partial charge in [0.2, 0.25) is 10.0 Å². The molecule has 0 amide bonds. The first kappa shape index (κ1) is 16.0. The SMILES string of the molecule is COc1ccc(C)cc1S(=O)(=O)N1CCCCC1c1ncc[nH]1. The number of aromatic nitrogens is 2. The lowest BCUT2D eigenvalue weighted by Gasteiger charge is -2.33. The van der Waals surface area contributed by atoms with E-state index in [1.54, 1.807) is 28.8 Å². The molecule has 2 aromatic rings. The lowest BCUT2D eigenvalue weighted by Crippen LogP contribution is -2.39. The van der Waals surface area contributed by atoms with Crippen LogP contribution in [0.1, 0.15) is 36.7 Å². The van der Waals surface area contributed by atoms with Crippen LogP contribution in [-0.2, 0) is 10.0 Å². The summed E-state index contributed by atoms with van der Waals surface area (Å²) in [7, 11) is -2.16. The summed E-state index contributed by atoms with van der Waals surface area (Å²) in [5.74, 6) is 1.07. The van der Waals surface area contributed by atoms with E-state index in [0.717, 1.165) is 24.8 Å². The Labute approximate surface area is 136 Å². The third-order valence-electron chi connectivity index (χ3n) is 4.19. The number of H-pyrrole nitrogens is 1. The standard InChI is InChI=1S/C16H21N3O3S/c1-12-6-7-14(22-2)15(11-12)23(20,21)19-10-4-3-5-13(19)16-17-8-9-18-16/h6-9,11,13H,3-5,10H2,1-2H3,(H,17,18). The number of aryl methyl sites for hydroxylation is 1. The maximum Gasteiger partial charge on any atom is 0.247 e. The Hall–Kier alpha value is -1.86. The molecule has 1 saturated heterocycles. The van der Waals surface area contributed by atoms with Crippen molar-refractivity contribution in [3.05, 3.63) is 42.0 Å². The molecule has 6 nitrogen and oxygen atoms in total. The molecule has 1 fully saturated rings. The van der Waals surface area contributed by atoms with Crippen molar-refractivity contribution in [2.75, 3.05) is 13.7 Å². The van der Waals surface area contributed by atoms with Crippen LogP contribution >= 0.6 is 0 Å². The van der Waals surface area contributed by atoms with Gasteiger partial charge in [-0.15, -0.1) is 0 Å². The van der Waals surface area contributed by atoms with Crippen molar-refractivity contribution in [3.8, 4) is 5.75 Å². The highest BCUT2D eigenvalue weighted by Crippen LogP contribution is 2.36. The molecule has 1 unspecified atom stereocenters. The summed E-state index contributed by atoms with van der Waals surface area (Å²) in [6.07, 6.45) is 5.98. The molecule has 23 heavy (non-hydrogen) atoms. The van der Waals surface area contributed by atoms with E-state index in [4.69, 9.17) is 4.74 Å². The quantitative estimate of drug-likeness (QED) is 0.932. The Kier molecular flexibility index (Phi) is 4.41. The van der Waals surface area contributed by atoms with Crippen molar-refractivity contribution >= 4 is 10.0 Å². The molecular weight excluding hydrogens is 314 g/mol. The summed E-state index contributed by atoms with van der Waals surface area (Å²) in [4.78, 5) is 7.54. The average molecular weight is 335 g/mol. The Morgan fingerprint density at radius 1 is 1.35 bits per heavy atom. The van der Waals surface area contributed by atoms with Gasteiger partial charge in [-0.05, 0) is 37.5 Å². The zero-order valence-electron chi connectivity index (χ0n) is 13.3. The Morgan fingerprint density at radius 2 is 2.17 bits per heavy atom. The zero-order valence-corrected chi connectivity index (χ0v) is 14.1. The van der Waals surface area contributed by atoms with E-state index in [1.807, 2.05) is 13.0 Å². The summed E-state index contributed by atoms with van der Waals surface area (Å²) in [6, 6.07) is 4.96. The molecule has 7 heteroatoms. The lowest BCUT2D eigenvalue weighted by atomic mass is 10.0. The fraction of sp³-hybridized carbons (Fsp3) is 0.438.